The number of benzene rings is 1. The maximum absolute atomic E-state index is 5.66. The molecule has 0 aliphatic heterocycles. The first-order valence-corrected chi connectivity index (χ1v) is 5.74. The maximum Gasteiger partial charge on any atom is 0.130 e. The molecule has 0 fully saturated rings. The van der Waals surface area contributed by atoms with Gasteiger partial charge in [0.05, 0.1) is 5.69 Å². The highest BCUT2D eigenvalue weighted by Gasteiger charge is 1.98. The number of ether oxygens (including phenoxy) is 1. The molecule has 0 bridgehead atoms. The number of nitrogens with zero attached hydrogens (tertiary/aromatic N) is 1. The Balaban J connectivity index is 2.17. The highest BCUT2D eigenvalue weighted by atomic mass is 79.9. The minimum absolute atomic E-state index is 0.735. The zero-order valence-electron chi connectivity index (χ0n) is 8.06. The van der Waals surface area contributed by atoms with E-state index in [4.69, 9.17) is 4.74 Å². The maximum atomic E-state index is 5.66. The molecule has 1 heterocycles. The van der Waals surface area contributed by atoms with E-state index in [1.165, 1.54) is 0 Å². The predicted molar refractivity (Wildman–Crippen MR) is 63.4 cm³/mol. The first kappa shape index (κ1) is 10.2. The van der Waals surface area contributed by atoms with Gasteiger partial charge in [-0.2, -0.15) is 0 Å². The molecule has 2 nitrogen and oxygen atoms in total. The van der Waals surface area contributed by atoms with Crippen LogP contribution >= 0.6 is 15.9 Å². The minimum Gasteiger partial charge on any atom is -0.457 e. The Morgan fingerprint density at radius 2 is 1.87 bits per heavy atom. The van der Waals surface area contributed by atoms with Gasteiger partial charge in [0.25, 0.3) is 0 Å². The molecule has 3 heteroatoms. The van der Waals surface area contributed by atoms with Gasteiger partial charge in [0.2, 0.25) is 0 Å². The van der Waals surface area contributed by atoms with Gasteiger partial charge in [0.1, 0.15) is 11.5 Å². The fourth-order valence-electron chi connectivity index (χ4n) is 1.22. The van der Waals surface area contributed by atoms with Crippen molar-refractivity contribution >= 4 is 15.9 Å². The normalized spacial score (nSPS) is 9.93. The molecule has 0 aliphatic rings. The van der Waals surface area contributed by atoms with E-state index in [1.54, 1.807) is 6.20 Å². The van der Waals surface area contributed by atoms with E-state index in [2.05, 4.69) is 20.9 Å². The van der Waals surface area contributed by atoms with Crippen molar-refractivity contribution in [3.8, 4) is 11.5 Å². The molecule has 0 atom stereocenters. The first-order chi connectivity index (χ1) is 7.38. The Kier molecular flexibility index (Phi) is 3.35. The van der Waals surface area contributed by atoms with Crippen LogP contribution < -0.4 is 4.74 Å². The van der Waals surface area contributed by atoms with E-state index < -0.39 is 0 Å². The van der Waals surface area contributed by atoms with Crippen molar-refractivity contribution in [2.75, 3.05) is 0 Å². The lowest BCUT2D eigenvalue weighted by Crippen LogP contribution is -1.87. The summed E-state index contributed by atoms with van der Waals surface area (Å²) < 4.78 is 5.66. The molecular formula is C12H10BrNO. The highest BCUT2D eigenvalue weighted by Crippen LogP contribution is 2.21. The monoisotopic (exact) mass is 263 g/mol. The molecule has 1 aromatic carbocycles. The van der Waals surface area contributed by atoms with E-state index in [9.17, 15) is 0 Å². The van der Waals surface area contributed by atoms with Crippen molar-refractivity contribution in [3.63, 3.8) is 0 Å². The van der Waals surface area contributed by atoms with Crippen molar-refractivity contribution in [3.05, 3.63) is 54.4 Å². The molecule has 0 saturated heterocycles. The SMILES string of the molecule is BrCc1cc(Oc2ccccc2)ccn1. The van der Waals surface area contributed by atoms with Crippen molar-refractivity contribution in [1.82, 2.24) is 4.98 Å². The van der Waals surface area contributed by atoms with Crippen molar-refractivity contribution in [1.29, 1.82) is 0 Å². The molecule has 0 unspecified atom stereocenters. The number of rotatable bonds is 3. The standard InChI is InChI=1S/C12H10BrNO/c13-9-10-8-12(6-7-14-10)15-11-4-2-1-3-5-11/h1-8H,9H2. The van der Waals surface area contributed by atoms with Crippen LogP contribution in [-0.2, 0) is 5.33 Å². The second-order valence-electron chi connectivity index (χ2n) is 3.03. The van der Waals surface area contributed by atoms with Crippen LogP contribution in [0.3, 0.4) is 0 Å². The average Bonchev–Trinajstić information content (AvgIpc) is 2.31. The Morgan fingerprint density at radius 1 is 1.07 bits per heavy atom. The number of hydrogen-bond donors (Lipinski definition) is 0. The van der Waals surface area contributed by atoms with Crippen LogP contribution in [0.25, 0.3) is 0 Å². The van der Waals surface area contributed by atoms with E-state index >= 15 is 0 Å². The molecule has 0 radical (unpaired) electrons. The van der Waals surface area contributed by atoms with E-state index in [0.717, 1.165) is 22.5 Å². The Bertz CT molecular complexity index is 431. The summed E-state index contributed by atoms with van der Waals surface area (Å²) in [5.41, 5.74) is 0.962. The van der Waals surface area contributed by atoms with Crippen LogP contribution in [-0.4, -0.2) is 4.98 Å². The molecule has 2 aromatic rings. The second-order valence-corrected chi connectivity index (χ2v) is 3.59. The lowest BCUT2D eigenvalue weighted by molar-refractivity contribution is 0.481. The summed E-state index contributed by atoms with van der Waals surface area (Å²) in [6, 6.07) is 13.5. The van der Waals surface area contributed by atoms with Crippen LogP contribution in [0.2, 0.25) is 0 Å². The van der Waals surface area contributed by atoms with Crippen LogP contribution in [0.5, 0.6) is 11.5 Å². The summed E-state index contributed by atoms with van der Waals surface area (Å²) in [6.45, 7) is 0. The quantitative estimate of drug-likeness (QED) is 0.787. The molecule has 0 amide bonds. The molecule has 0 N–H and O–H groups in total. The summed E-state index contributed by atoms with van der Waals surface area (Å²) in [6.07, 6.45) is 1.74. The Morgan fingerprint density at radius 3 is 2.60 bits per heavy atom. The molecule has 0 aliphatic carbocycles. The number of alkyl halides is 1. The fraction of sp³-hybridized carbons (Fsp3) is 0.0833. The van der Waals surface area contributed by atoms with E-state index in [0.29, 0.717) is 0 Å². The summed E-state index contributed by atoms with van der Waals surface area (Å²) in [5, 5.41) is 0.735. The molecule has 0 spiro atoms. The largest absolute Gasteiger partial charge is 0.457 e. The molecule has 76 valence electrons. The lowest BCUT2D eigenvalue weighted by Gasteiger charge is -2.05. The van der Waals surface area contributed by atoms with Gasteiger partial charge in [-0.15, -0.1) is 0 Å². The van der Waals surface area contributed by atoms with Gasteiger partial charge in [-0.1, -0.05) is 34.1 Å². The van der Waals surface area contributed by atoms with Crippen LogP contribution in [0.4, 0.5) is 0 Å². The number of halogens is 1. The Labute approximate surface area is 97.1 Å². The molecule has 15 heavy (non-hydrogen) atoms. The zero-order valence-corrected chi connectivity index (χ0v) is 9.65. The van der Waals surface area contributed by atoms with Crippen molar-refractivity contribution in [2.45, 2.75) is 5.33 Å². The fourth-order valence-corrected chi connectivity index (χ4v) is 1.52. The van der Waals surface area contributed by atoms with Gasteiger partial charge in [-0.3, -0.25) is 4.98 Å². The van der Waals surface area contributed by atoms with Gasteiger partial charge in [0, 0.05) is 17.6 Å². The van der Waals surface area contributed by atoms with Crippen LogP contribution in [0.15, 0.2) is 48.7 Å². The van der Waals surface area contributed by atoms with Crippen LogP contribution in [0, 0.1) is 0 Å². The molecular weight excluding hydrogens is 254 g/mol. The first-order valence-electron chi connectivity index (χ1n) is 4.62. The number of hydrogen-bond acceptors (Lipinski definition) is 2. The summed E-state index contributed by atoms with van der Waals surface area (Å²) in [7, 11) is 0. The van der Waals surface area contributed by atoms with Crippen molar-refractivity contribution < 1.29 is 4.74 Å². The van der Waals surface area contributed by atoms with E-state index in [1.807, 2.05) is 42.5 Å². The summed E-state index contributed by atoms with van der Waals surface area (Å²) in [4.78, 5) is 4.17. The van der Waals surface area contributed by atoms with Crippen LogP contribution in [0.1, 0.15) is 5.69 Å². The summed E-state index contributed by atoms with van der Waals surface area (Å²) >= 11 is 3.36. The molecule has 2 rings (SSSR count). The summed E-state index contributed by atoms with van der Waals surface area (Å²) in [5.74, 6) is 1.65. The van der Waals surface area contributed by atoms with Gasteiger partial charge >= 0.3 is 0 Å². The van der Waals surface area contributed by atoms with Gasteiger partial charge in [-0.25, -0.2) is 0 Å². The smallest absolute Gasteiger partial charge is 0.130 e. The third-order valence-electron chi connectivity index (χ3n) is 1.90. The topological polar surface area (TPSA) is 22.1 Å². The molecule has 1 aromatic heterocycles. The van der Waals surface area contributed by atoms with Gasteiger partial charge in [-0.05, 0) is 18.2 Å². The average molecular weight is 264 g/mol. The lowest BCUT2D eigenvalue weighted by atomic mass is 10.3. The third-order valence-corrected chi connectivity index (χ3v) is 2.48. The number of pyridine rings is 1. The predicted octanol–water partition coefficient (Wildman–Crippen LogP) is 3.77. The van der Waals surface area contributed by atoms with Crippen molar-refractivity contribution in [2.24, 2.45) is 0 Å². The zero-order chi connectivity index (χ0) is 10.5. The van der Waals surface area contributed by atoms with Gasteiger partial charge < -0.3 is 4.74 Å². The minimum atomic E-state index is 0.735. The number of para-hydroxylation sites is 1. The second kappa shape index (κ2) is 4.94. The molecule has 0 saturated carbocycles. The van der Waals surface area contributed by atoms with E-state index in [-0.39, 0.29) is 0 Å². The number of aromatic nitrogens is 1. The van der Waals surface area contributed by atoms with Gasteiger partial charge in [0.15, 0.2) is 0 Å². The highest BCUT2D eigenvalue weighted by molar-refractivity contribution is 9.08. The Hall–Kier alpha value is -1.35. The third kappa shape index (κ3) is 2.80.